The largest absolute Gasteiger partial charge is 0.449 e. The Balaban J connectivity index is 1.80. The topological polar surface area (TPSA) is 76.8 Å². The first kappa shape index (κ1) is 17.9. The summed E-state index contributed by atoms with van der Waals surface area (Å²) in [4.78, 5) is 38.4. The normalized spacial score (nSPS) is 16.9. The van der Waals surface area contributed by atoms with E-state index in [1.54, 1.807) is 18.7 Å². The molecule has 0 saturated heterocycles. The van der Waals surface area contributed by atoms with Crippen LogP contribution >= 0.6 is 0 Å². The van der Waals surface area contributed by atoms with Crippen molar-refractivity contribution in [2.45, 2.75) is 46.3 Å². The van der Waals surface area contributed by atoms with Crippen LogP contribution in [0, 0.1) is 13.8 Å². The number of anilines is 1. The number of para-hydroxylation sites is 1. The minimum atomic E-state index is -0.957. The Morgan fingerprint density at radius 1 is 1.27 bits per heavy atom. The maximum Gasteiger partial charge on any atom is 0.342 e. The number of benzene rings is 1. The first-order chi connectivity index (χ1) is 12.3. The average Bonchev–Trinajstić information content (AvgIpc) is 2.88. The minimum Gasteiger partial charge on any atom is -0.449 e. The molecule has 0 unspecified atom stereocenters. The summed E-state index contributed by atoms with van der Waals surface area (Å²) in [5.74, 6) is -0.771. The molecule has 2 aromatic rings. The number of aryl methyl sites for hydroxylation is 2. The van der Waals surface area contributed by atoms with Gasteiger partial charge in [0.2, 0.25) is 0 Å². The van der Waals surface area contributed by atoms with Crippen LogP contribution in [0.2, 0.25) is 0 Å². The molecule has 0 fully saturated rings. The highest BCUT2D eigenvalue weighted by atomic mass is 16.5. The van der Waals surface area contributed by atoms with Crippen LogP contribution in [-0.2, 0) is 16.0 Å². The molecule has 0 spiro atoms. The van der Waals surface area contributed by atoms with Crippen molar-refractivity contribution in [3.8, 4) is 0 Å². The van der Waals surface area contributed by atoms with Gasteiger partial charge in [-0.3, -0.25) is 4.79 Å². The van der Waals surface area contributed by atoms with E-state index >= 15 is 0 Å². The molecule has 0 radical (unpaired) electrons. The van der Waals surface area contributed by atoms with Gasteiger partial charge in [-0.25, -0.2) is 9.59 Å². The van der Waals surface area contributed by atoms with Gasteiger partial charge < -0.3 is 14.1 Å². The number of hydrogen-bond acceptors (Lipinski definition) is 5. The van der Waals surface area contributed by atoms with Gasteiger partial charge in [-0.1, -0.05) is 18.2 Å². The lowest BCUT2D eigenvalue weighted by atomic mass is 10.1. The molecule has 26 heavy (non-hydrogen) atoms. The predicted molar refractivity (Wildman–Crippen MR) is 96.4 cm³/mol. The van der Waals surface area contributed by atoms with Crippen LogP contribution in [0.25, 0.3) is 0 Å². The Morgan fingerprint density at radius 2 is 1.96 bits per heavy atom. The highest BCUT2D eigenvalue weighted by molar-refractivity contribution is 6.01. The Kier molecular flexibility index (Phi) is 4.68. The van der Waals surface area contributed by atoms with Crippen molar-refractivity contribution in [2.24, 2.45) is 0 Å². The number of carbonyl (C=O) groups excluding carboxylic acids is 2. The molecule has 2 atom stereocenters. The Labute approximate surface area is 151 Å². The van der Waals surface area contributed by atoms with Crippen molar-refractivity contribution in [3.05, 3.63) is 63.2 Å². The molecule has 0 saturated carbocycles. The van der Waals surface area contributed by atoms with Gasteiger partial charge in [-0.2, -0.15) is 0 Å². The summed E-state index contributed by atoms with van der Waals surface area (Å²) in [6.45, 7) is 6.67. The van der Waals surface area contributed by atoms with Crippen molar-refractivity contribution in [3.63, 3.8) is 0 Å². The summed E-state index contributed by atoms with van der Waals surface area (Å²) >= 11 is 0. The molecule has 1 amide bonds. The molecule has 1 aromatic heterocycles. The van der Waals surface area contributed by atoms with E-state index in [0.717, 1.165) is 17.7 Å². The number of amides is 1. The number of ether oxygens (including phenoxy) is 1. The number of carbonyl (C=O) groups is 2. The molecule has 3 rings (SSSR count). The number of hydrogen-bond donors (Lipinski definition) is 0. The lowest BCUT2D eigenvalue weighted by Crippen LogP contribution is -2.43. The Bertz CT molecular complexity index is 904. The van der Waals surface area contributed by atoms with Gasteiger partial charge in [-0.05, 0) is 51.3 Å². The van der Waals surface area contributed by atoms with Crippen LogP contribution in [0.1, 0.15) is 41.1 Å². The summed E-state index contributed by atoms with van der Waals surface area (Å²) in [7, 11) is 0. The summed E-state index contributed by atoms with van der Waals surface area (Å²) in [6.07, 6.45) is -0.188. The summed E-state index contributed by atoms with van der Waals surface area (Å²) in [5, 5.41) is 0. The molecule has 2 heterocycles. The van der Waals surface area contributed by atoms with Gasteiger partial charge in [0, 0.05) is 17.8 Å². The van der Waals surface area contributed by atoms with Gasteiger partial charge in [-0.15, -0.1) is 0 Å². The maximum absolute atomic E-state index is 12.9. The van der Waals surface area contributed by atoms with E-state index in [2.05, 4.69) is 0 Å². The average molecular weight is 355 g/mol. The molecule has 0 bridgehead atoms. The third kappa shape index (κ3) is 3.14. The number of rotatable bonds is 3. The second-order valence-electron chi connectivity index (χ2n) is 6.62. The molecule has 1 aliphatic heterocycles. The lowest BCUT2D eigenvalue weighted by Gasteiger charge is -2.26. The number of nitrogens with zero attached hydrogens (tertiary/aromatic N) is 1. The van der Waals surface area contributed by atoms with Crippen molar-refractivity contribution >= 4 is 17.6 Å². The molecular formula is C20H21NO5. The van der Waals surface area contributed by atoms with Gasteiger partial charge in [0.15, 0.2) is 6.10 Å². The van der Waals surface area contributed by atoms with Crippen LogP contribution in [0.15, 0.2) is 39.5 Å². The number of fused-ring (bicyclic) bond motifs is 1. The summed E-state index contributed by atoms with van der Waals surface area (Å²) in [5.41, 5.74) is 2.07. The lowest BCUT2D eigenvalue weighted by molar-refractivity contribution is -0.126. The Morgan fingerprint density at radius 3 is 2.65 bits per heavy atom. The molecular weight excluding hydrogens is 334 g/mol. The predicted octanol–water partition coefficient (Wildman–Crippen LogP) is 2.78. The van der Waals surface area contributed by atoms with E-state index in [9.17, 15) is 14.4 Å². The van der Waals surface area contributed by atoms with Crippen LogP contribution in [-0.4, -0.2) is 24.0 Å². The molecule has 6 nitrogen and oxygen atoms in total. The van der Waals surface area contributed by atoms with E-state index in [1.165, 1.54) is 13.0 Å². The second-order valence-corrected chi connectivity index (χ2v) is 6.62. The Hall–Kier alpha value is -2.89. The fraction of sp³-hybridized carbons (Fsp3) is 0.350. The van der Waals surface area contributed by atoms with Crippen molar-refractivity contribution in [1.82, 2.24) is 0 Å². The van der Waals surface area contributed by atoms with Crippen LogP contribution < -0.4 is 10.5 Å². The second kappa shape index (κ2) is 6.78. The fourth-order valence-corrected chi connectivity index (χ4v) is 3.43. The van der Waals surface area contributed by atoms with Gasteiger partial charge >= 0.3 is 11.6 Å². The standard InChI is InChI=1S/C20H21NO5/c1-11-9-17(22)25-13(3)18(11)20(24)26-14(4)19(23)21-12(2)10-15-7-5-6-8-16(15)21/h5-9,12,14H,10H2,1-4H3/t12-,14-/m0/s1. The van der Waals surface area contributed by atoms with Crippen molar-refractivity contribution < 1.29 is 18.7 Å². The van der Waals surface area contributed by atoms with E-state index in [-0.39, 0.29) is 23.3 Å². The molecule has 1 aromatic carbocycles. The monoisotopic (exact) mass is 355 g/mol. The third-order valence-corrected chi connectivity index (χ3v) is 4.61. The third-order valence-electron chi connectivity index (χ3n) is 4.61. The molecule has 0 aliphatic carbocycles. The molecule has 0 N–H and O–H groups in total. The van der Waals surface area contributed by atoms with Gasteiger partial charge in [0.05, 0.1) is 0 Å². The highest BCUT2D eigenvalue weighted by Crippen LogP contribution is 2.32. The van der Waals surface area contributed by atoms with E-state index in [0.29, 0.717) is 5.56 Å². The smallest absolute Gasteiger partial charge is 0.342 e. The van der Waals surface area contributed by atoms with Gasteiger partial charge in [0.25, 0.3) is 5.91 Å². The zero-order chi connectivity index (χ0) is 19.0. The molecule has 6 heteroatoms. The zero-order valence-electron chi connectivity index (χ0n) is 15.2. The quantitative estimate of drug-likeness (QED) is 0.791. The van der Waals surface area contributed by atoms with E-state index in [1.807, 2.05) is 31.2 Å². The molecule has 136 valence electrons. The van der Waals surface area contributed by atoms with Crippen LogP contribution in [0.5, 0.6) is 0 Å². The fourth-order valence-electron chi connectivity index (χ4n) is 3.43. The van der Waals surface area contributed by atoms with Crippen molar-refractivity contribution in [1.29, 1.82) is 0 Å². The van der Waals surface area contributed by atoms with E-state index in [4.69, 9.17) is 9.15 Å². The maximum atomic E-state index is 12.9. The van der Waals surface area contributed by atoms with Gasteiger partial charge in [0.1, 0.15) is 11.3 Å². The summed E-state index contributed by atoms with van der Waals surface area (Å²) in [6, 6.07) is 8.94. The molecule has 1 aliphatic rings. The van der Waals surface area contributed by atoms with Crippen LogP contribution in [0.3, 0.4) is 0 Å². The minimum absolute atomic E-state index is 0.000675. The SMILES string of the molecule is Cc1cc(=O)oc(C)c1C(=O)O[C@@H](C)C(=O)N1c2ccccc2C[C@@H]1C. The first-order valence-electron chi connectivity index (χ1n) is 8.53. The highest BCUT2D eigenvalue weighted by Gasteiger charge is 2.35. The first-order valence-corrected chi connectivity index (χ1v) is 8.53. The van der Waals surface area contributed by atoms with Crippen LogP contribution in [0.4, 0.5) is 5.69 Å². The zero-order valence-corrected chi connectivity index (χ0v) is 15.2. The van der Waals surface area contributed by atoms with Crippen molar-refractivity contribution in [2.75, 3.05) is 4.90 Å². The number of esters is 1. The summed E-state index contributed by atoms with van der Waals surface area (Å²) < 4.78 is 10.3. The van der Waals surface area contributed by atoms with E-state index < -0.39 is 17.7 Å².